The van der Waals surface area contributed by atoms with E-state index in [1.165, 1.54) is 15.2 Å². The summed E-state index contributed by atoms with van der Waals surface area (Å²) in [6, 6.07) is 19.4. The molecule has 1 amide bonds. The molecule has 2 heterocycles. The van der Waals surface area contributed by atoms with Crippen molar-refractivity contribution < 1.29 is 9.53 Å². The summed E-state index contributed by atoms with van der Waals surface area (Å²) in [5, 5.41) is 14.6. The highest BCUT2D eigenvalue weighted by atomic mass is 16.5. The van der Waals surface area contributed by atoms with Crippen molar-refractivity contribution in [2.75, 3.05) is 7.11 Å². The highest BCUT2D eigenvalue weighted by molar-refractivity contribution is 5.97. The maximum Gasteiger partial charge on any atom is 0.331 e. The summed E-state index contributed by atoms with van der Waals surface area (Å²) in [5.74, 6) is 1.01. The fraction of sp³-hybridized carbons (Fsp3) is 0.185. The van der Waals surface area contributed by atoms with E-state index in [9.17, 15) is 14.4 Å². The Morgan fingerprint density at radius 2 is 1.66 bits per heavy atom. The highest BCUT2D eigenvalue weighted by Gasteiger charge is 2.15. The molecule has 0 spiro atoms. The van der Waals surface area contributed by atoms with Crippen LogP contribution >= 0.6 is 0 Å². The first kappa shape index (κ1) is 24.6. The topological polar surface area (TPSA) is 126 Å². The number of aryl methyl sites for hydroxylation is 2. The first-order valence-electron chi connectivity index (χ1n) is 11.8. The van der Waals surface area contributed by atoms with Crippen LogP contribution in [0.4, 0.5) is 0 Å². The summed E-state index contributed by atoms with van der Waals surface area (Å²) in [6.45, 7) is 0.394. The number of fused-ring (bicyclic) bond motifs is 1. The van der Waals surface area contributed by atoms with Crippen molar-refractivity contribution in [3.05, 3.63) is 104 Å². The number of ether oxygens (including phenoxy) is 1. The van der Waals surface area contributed by atoms with Gasteiger partial charge in [0.1, 0.15) is 5.75 Å². The maximum atomic E-state index is 13.4. The van der Waals surface area contributed by atoms with Gasteiger partial charge in [-0.2, -0.15) is 0 Å². The summed E-state index contributed by atoms with van der Waals surface area (Å²) >= 11 is 0. The molecule has 11 heteroatoms. The van der Waals surface area contributed by atoms with Crippen molar-refractivity contribution in [1.82, 2.24) is 34.7 Å². The lowest BCUT2D eigenvalue weighted by Crippen LogP contribution is -2.39. The molecule has 11 nitrogen and oxygen atoms in total. The predicted molar refractivity (Wildman–Crippen MR) is 141 cm³/mol. The highest BCUT2D eigenvalue weighted by Crippen LogP contribution is 2.17. The van der Waals surface area contributed by atoms with E-state index in [0.717, 1.165) is 22.4 Å². The largest absolute Gasteiger partial charge is 0.497 e. The normalized spacial score (nSPS) is 11.0. The van der Waals surface area contributed by atoms with Crippen LogP contribution in [0.5, 0.6) is 5.75 Å². The van der Waals surface area contributed by atoms with Crippen molar-refractivity contribution in [2.24, 2.45) is 14.1 Å². The molecule has 0 fully saturated rings. The fourth-order valence-corrected chi connectivity index (χ4v) is 4.24. The van der Waals surface area contributed by atoms with Crippen LogP contribution in [0.3, 0.4) is 0 Å². The van der Waals surface area contributed by atoms with Crippen molar-refractivity contribution in [3.8, 4) is 17.1 Å². The van der Waals surface area contributed by atoms with Crippen LogP contribution in [0.15, 0.2) is 76.3 Å². The number of tetrazole rings is 1. The molecule has 0 bridgehead atoms. The second-order valence-corrected chi connectivity index (χ2v) is 8.82. The first-order valence-corrected chi connectivity index (χ1v) is 11.8. The Hall–Kier alpha value is -5.06. The minimum Gasteiger partial charge on any atom is -0.497 e. The van der Waals surface area contributed by atoms with E-state index in [0.29, 0.717) is 23.4 Å². The van der Waals surface area contributed by atoms with Crippen molar-refractivity contribution >= 4 is 16.8 Å². The predicted octanol–water partition coefficient (Wildman–Crippen LogP) is 1.88. The second-order valence-electron chi connectivity index (χ2n) is 8.82. The molecular formula is C27H25N7O4. The summed E-state index contributed by atoms with van der Waals surface area (Å²) in [5.41, 5.74) is 2.35. The Bertz CT molecular complexity index is 1750. The third kappa shape index (κ3) is 4.69. The van der Waals surface area contributed by atoms with Crippen LogP contribution in [0.1, 0.15) is 21.5 Å². The van der Waals surface area contributed by atoms with Gasteiger partial charge in [0.15, 0.2) is 5.82 Å². The number of carbonyl (C=O) groups is 1. The smallest absolute Gasteiger partial charge is 0.331 e. The zero-order chi connectivity index (χ0) is 26.8. The number of nitrogens with zero attached hydrogens (tertiary/aromatic N) is 6. The van der Waals surface area contributed by atoms with Gasteiger partial charge in [0, 0.05) is 31.8 Å². The molecule has 1 N–H and O–H groups in total. The van der Waals surface area contributed by atoms with E-state index in [-0.39, 0.29) is 17.8 Å². The molecule has 0 saturated carbocycles. The monoisotopic (exact) mass is 511 g/mol. The van der Waals surface area contributed by atoms with Gasteiger partial charge in [0.2, 0.25) is 0 Å². The lowest BCUT2D eigenvalue weighted by Gasteiger charge is -2.12. The fourth-order valence-electron chi connectivity index (χ4n) is 4.24. The van der Waals surface area contributed by atoms with E-state index < -0.39 is 11.2 Å². The molecule has 0 atom stereocenters. The molecule has 192 valence electrons. The van der Waals surface area contributed by atoms with E-state index in [1.54, 1.807) is 38.0 Å². The van der Waals surface area contributed by atoms with Crippen LogP contribution in [0.25, 0.3) is 22.3 Å². The Morgan fingerprint density at radius 3 is 2.32 bits per heavy atom. The number of aromatic nitrogens is 6. The number of hydrogen-bond donors (Lipinski definition) is 1. The second kappa shape index (κ2) is 10.1. The van der Waals surface area contributed by atoms with Crippen molar-refractivity contribution in [1.29, 1.82) is 0 Å². The van der Waals surface area contributed by atoms with Crippen LogP contribution < -0.4 is 21.3 Å². The molecule has 0 unspecified atom stereocenters. The molecule has 2 aromatic heterocycles. The Labute approximate surface area is 216 Å². The van der Waals surface area contributed by atoms with E-state index in [1.807, 2.05) is 48.5 Å². The zero-order valence-corrected chi connectivity index (χ0v) is 21.1. The van der Waals surface area contributed by atoms with Gasteiger partial charge >= 0.3 is 5.69 Å². The number of nitrogens with one attached hydrogen (secondary N) is 1. The van der Waals surface area contributed by atoms with Gasteiger partial charge in [0.05, 0.1) is 24.6 Å². The molecule has 3 aromatic carbocycles. The molecular weight excluding hydrogens is 486 g/mol. The molecule has 0 aliphatic carbocycles. The molecule has 0 radical (unpaired) electrons. The van der Waals surface area contributed by atoms with Gasteiger partial charge < -0.3 is 10.1 Å². The third-order valence-electron chi connectivity index (χ3n) is 6.40. The maximum absolute atomic E-state index is 13.4. The molecule has 0 aliphatic rings. The van der Waals surface area contributed by atoms with E-state index in [2.05, 4.69) is 20.8 Å². The Morgan fingerprint density at radius 1 is 0.947 bits per heavy atom. The molecule has 0 aliphatic heterocycles. The van der Waals surface area contributed by atoms with Crippen LogP contribution in [0, 0.1) is 0 Å². The molecule has 5 rings (SSSR count). The Balaban J connectivity index is 1.41. The van der Waals surface area contributed by atoms with E-state index in [4.69, 9.17) is 4.74 Å². The molecule has 0 saturated heterocycles. The Kier molecular flexibility index (Phi) is 6.56. The SMILES string of the molecule is COc1ccc(CNC(=O)c2ccc3c(c2)c(=O)n(Cc2ccc(-c4nnnn4C)cc2)c(=O)n3C)cc1. The van der Waals surface area contributed by atoms with Crippen LogP contribution in [-0.4, -0.2) is 42.4 Å². The van der Waals surface area contributed by atoms with Gasteiger partial charge in [-0.3, -0.25) is 18.7 Å². The summed E-state index contributed by atoms with van der Waals surface area (Å²) in [7, 11) is 4.94. The van der Waals surface area contributed by atoms with Gasteiger partial charge in [-0.05, 0) is 51.9 Å². The minimum absolute atomic E-state index is 0.0761. The third-order valence-corrected chi connectivity index (χ3v) is 6.40. The average Bonchev–Trinajstić information content (AvgIpc) is 3.38. The number of methoxy groups -OCH3 is 1. The van der Waals surface area contributed by atoms with Crippen molar-refractivity contribution in [3.63, 3.8) is 0 Å². The number of rotatable bonds is 7. The van der Waals surface area contributed by atoms with Gasteiger partial charge in [-0.25, -0.2) is 9.48 Å². The van der Waals surface area contributed by atoms with Crippen LogP contribution in [-0.2, 0) is 27.2 Å². The zero-order valence-electron chi connectivity index (χ0n) is 21.1. The average molecular weight is 512 g/mol. The van der Waals surface area contributed by atoms with Gasteiger partial charge in [-0.15, -0.1) is 5.10 Å². The number of carbonyl (C=O) groups excluding carboxylic acids is 1. The summed E-state index contributed by atoms with van der Waals surface area (Å²) in [4.78, 5) is 39.3. The quantitative estimate of drug-likeness (QED) is 0.354. The van der Waals surface area contributed by atoms with Gasteiger partial charge in [-0.1, -0.05) is 36.4 Å². The lowest BCUT2D eigenvalue weighted by atomic mass is 10.1. The summed E-state index contributed by atoms with van der Waals surface area (Å²) in [6.07, 6.45) is 0. The number of benzene rings is 3. The summed E-state index contributed by atoms with van der Waals surface area (Å²) < 4.78 is 9.29. The van der Waals surface area contributed by atoms with Gasteiger partial charge in [0.25, 0.3) is 11.5 Å². The minimum atomic E-state index is -0.463. The first-order chi connectivity index (χ1) is 18.4. The van der Waals surface area contributed by atoms with Crippen LogP contribution in [0.2, 0.25) is 0 Å². The number of hydrogen-bond acceptors (Lipinski definition) is 7. The molecule has 38 heavy (non-hydrogen) atoms. The van der Waals surface area contributed by atoms with E-state index >= 15 is 0 Å². The lowest BCUT2D eigenvalue weighted by molar-refractivity contribution is 0.0951. The van der Waals surface area contributed by atoms with Crippen molar-refractivity contribution in [2.45, 2.75) is 13.1 Å². The molecule has 5 aromatic rings. The number of amides is 1. The standard InChI is InChI=1S/C27H25N7O4/c1-32-23-13-10-20(25(35)28-15-17-6-11-21(38-3)12-7-17)14-22(23)26(36)34(27(32)37)16-18-4-8-19(9-5-18)24-29-30-31-33(24)2/h4-14H,15-16H2,1-3H3,(H,28,35).